The second-order valence-corrected chi connectivity index (χ2v) is 5.55. The molecule has 2 aromatic rings. The van der Waals surface area contributed by atoms with Gasteiger partial charge in [-0.05, 0) is 50.7 Å². The smallest absolute Gasteiger partial charge is 0.137 e. The fourth-order valence-electron chi connectivity index (χ4n) is 1.20. The van der Waals surface area contributed by atoms with E-state index >= 15 is 0 Å². The van der Waals surface area contributed by atoms with Gasteiger partial charge in [0.05, 0.1) is 11.8 Å². The Balaban J connectivity index is 2.82. The zero-order valence-corrected chi connectivity index (χ0v) is 11.4. The first-order chi connectivity index (χ1) is 6.22. The van der Waals surface area contributed by atoms with Crippen molar-refractivity contribution in [1.29, 1.82) is 0 Å². The van der Waals surface area contributed by atoms with Gasteiger partial charge in [0.2, 0.25) is 0 Å². The van der Waals surface area contributed by atoms with Gasteiger partial charge in [-0.15, -0.1) is 11.3 Å². The van der Waals surface area contributed by atoms with E-state index in [0.717, 1.165) is 10.2 Å². The van der Waals surface area contributed by atoms with Gasteiger partial charge in [-0.3, -0.25) is 0 Å². The number of fused-ring (bicyclic) bond motifs is 1. The highest BCUT2D eigenvalue weighted by Crippen LogP contribution is 2.37. The molecule has 1 heterocycles. The highest BCUT2D eigenvalue weighted by atomic mass is 127. The number of benzene rings is 1. The van der Waals surface area contributed by atoms with Gasteiger partial charge < -0.3 is 4.74 Å². The van der Waals surface area contributed by atoms with Gasteiger partial charge in [0.1, 0.15) is 5.75 Å². The van der Waals surface area contributed by atoms with Gasteiger partial charge >= 0.3 is 0 Å². The summed E-state index contributed by atoms with van der Waals surface area (Å²) in [6.45, 7) is 0. The van der Waals surface area contributed by atoms with Crippen LogP contribution in [0.5, 0.6) is 5.75 Å². The molecule has 0 fully saturated rings. The molecular formula is C9H6BrIOS. The Hall–Kier alpha value is 0.190. The van der Waals surface area contributed by atoms with Gasteiger partial charge in [0, 0.05) is 18.8 Å². The topological polar surface area (TPSA) is 9.23 Å². The van der Waals surface area contributed by atoms with Crippen LogP contribution in [0.1, 0.15) is 0 Å². The molecular weight excluding hydrogens is 363 g/mol. The summed E-state index contributed by atoms with van der Waals surface area (Å²) in [5.74, 6) is 0.958. The molecule has 0 unspecified atom stereocenters. The molecule has 0 radical (unpaired) electrons. The lowest BCUT2D eigenvalue weighted by Crippen LogP contribution is -1.80. The molecule has 1 nitrogen and oxygen atoms in total. The molecule has 1 aromatic carbocycles. The van der Waals surface area contributed by atoms with Gasteiger partial charge in [-0.25, -0.2) is 0 Å². The molecule has 4 heteroatoms. The molecule has 1 aromatic heterocycles. The molecule has 0 aliphatic rings. The van der Waals surface area contributed by atoms with Crippen molar-refractivity contribution in [3.05, 3.63) is 25.6 Å². The SMILES string of the molecule is COc1csc2c(Br)cc(I)cc12. The summed E-state index contributed by atoms with van der Waals surface area (Å²) in [7, 11) is 1.70. The van der Waals surface area contributed by atoms with Crippen LogP contribution < -0.4 is 4.74 Å². The summed E-state index contributed by atoms with van der Waals surface area (Å²) < 4.78 is 8.87. The first kappa shape index (κ1) is 9.73. The molecule has 13 heavy (non-hydrogen) atoms. The molecule has 0 aliphatic carbocycles. The monoisotopic (exact) mass is 368 g/mol. The van der Waals surface area contributed by atoms with Crippen molar-refractivity contribution in [2.24, 2.45) is 0 Å². The minimum absolute atomic E-state index is 0.958. The first-order valence-corrected chi connectivity index (χ1v) is 6.37. The molecule has 0 N–H and O–H groups in total. The van der Waals surface area contributed by atoms with Crippen LogP contribution in [-0.2, 0) is 0 Å². The number of halogens is 2. The summed E-state index contributed by atoms with van der Waals surface area (Å²) >= 11 is 7.54. The van der Waals surface area contributed by atoms with E-state index in [0.29, 0.717) is 0 Å². The highest BCUT2D eigenvalue weighted by molar-refractivity contribution is 14.1. The molecule has 2 rings (SSSR count). The van der Waals surface area contributed by atoms with E-state index < -0.39 is 0 Å². The standard InChI is InChI=1S/C9H6BrIOS/c1-12-8-4-13-9-6(8)2-5(11)3-7(9)10/h2-4H,1H3. The van der Waals surface area contributed by atoms with Crippen molar-refractivity contribution in [2.75, 3.05) is 7.11 Å². The molecule has 0 spiro atoms. The number of ether oxygens (including phenoxy) is 1. The molecule has 0 bridgehead atoms. The second-order valence-electron chi connectivity index (χ2n) is 2.57. The Kier molecular flexibility index (Phi) is 2.80. The number of thiophene rings is 1. The predicted octanol–water partition coefficient (Wildman–Crippen LogP) is 4.28. The Morgan fingerprint density at radius 3 is 2.92 bits per heavy atom. The van der Waals surface area contributed by atoms with Crippen molar-refractivity contribution in [1.82, 2.24) is 0 Å². The molecule has 0 atom stereocenters. The third kappa shape index (κ3) is 1.71. The van der Waals surface area contributed by atoms with Crippen LogP contribution >= 0.6 is 49.9 Å². The van der Waals surface area contributed by atoms with Crippen LogP contribution in [0.15, 0.2) is 22.0 Å². The molecule has 0 saturated heterocycles. The van der Waals surface area contributed by atoms with Crippen LogP contribution in [-0.4, -0.2) is 7.11 Å². The lowest BCUT2D eigenvalue weighted by Gasteiger charge is -1.98. The summed E-state index contributed by atoms with van der Waals surface area (Å²) in [6, 6.07) is 4.24. The zero-order chi connectivity index (χ0) is 9.42. The van der Waals surface area contributed by atoms with Crippen LogP contribution in [0.3, 0.4) is 0 Å². The fraction of sp³-hybridized carbons (Fsp3) is 0.111. The predicted molar refractivity (Wildman–Crippen MR) is 68.8 cm³/mol. The third-order valence-electron chi connectivity index (χ3n) is 1.78. The van der Waals surface area contributed by atoms with Gasteiger partial charge in [-0.1, -0.05) is 0 Å². The highest BCUT2D eigenvalue weighted by Gasteiger charge is 2.07. The minimum atomic E-state index is 0.958. The van der Waals surface area contributed by atoms with E-state index in [1.807, 2.05) is 5.38 Å². The van der Waals surface area contributed by atoms with E-state index in [4.69, 9.17) is 4.74 Å². The maximum atomic E-state index is 5.26. The average molecular weight is 369 g/mol. The fourth-order valence-corrected chi connectivity index (χ4v) is 3.89. The van der Waals surface area contributed by atoms with E-state index in [1.165, 1.54) is 13.7 Å². The largest absolute Gasteiger partial charge is 0.495 e. The number of hydrogen-bond donors (Lipinski definition) is 0. The second kappa shape index (κ2) is 3.74. The quantitative estimate of drug-likeness (QED) is 0.683. The van der Waals surface area contributed by atoms with Gasteiger partial charge in [0.15, 0.2) is 0 Å². The van der Waals surface area contributed by atoms with E-state index in [1.54, 1.807) is 18.4 Å². The minimum Gasteiger partial charge on any atom is -0.495 e. The third-order valence-corrected chi connectivity index (χ3v) is 4.30. The summed E-state index contributed by atoms with van der Waals surface area (Å²) in [5, 5.41) is 3.22. The van der Waals surface area contributed by atoms with Crippen molar-refractivity contribution < 1.29 is 4.74 Å². The van der Waals surface area contributed by atoms with Crippen LogP contribution in [0.2, 0.25) is 0 Å². The van der Waals surface area contributed by atoms with Crippen molar-refractivity contribution >= 4 is 59.9 Å². The number of rotatable bonds is 1. The molecule has 68 valence electrons. The van der Waals surface area contributed by atoms with Gasteiger partial charge in [-0.2, -0.15) is 0 Å². The normalized spacial score (nSPS) is 10.7. The van der Waals surface area contributed by atoms with Crippen molar-refractivity contribution in [2.45, 2.75) is 0 Å². The maximum absolute atomic E-state index is 5.26. The Morgan fingerprint density at radius 1 is 1.46 bits per heavy atom. The molecule has 0 aliphatic heterocycles. The Bertz CT molecular complexity index is 452. The Labute approximate surface area is 102 Å². The molecule has 0 saturated carbocycles. The van der Waals surface area contributed by atoms with E-state index in [9.17, 15) is 0 Å². The maximum Gasteiger partial charge on any atom is 0.137 e. The average Bonchev–Trinajstić information content (AvgIpc) is 2.47. The van der Waals surface area contributed by atoms with Gasteiger partial charge in [0.25, 0.3) is 0 Å². The van der Waals surface area contributed by atoms with Crippen LogP contribution in [0, 0.1) is 3.57 Å². The lowest BCUT2D eigenvalue weighted by atomic mass is 10.2. The molecule has 0 amide bonds. The number of methoxy groups -OCH3 is 1. The zero-order valence-electron chi connectivity index (χ0n) is 6.80. The summed E-state index contributed by atoms with van der Waals surface area (Å²) in [6.07, 6.45) is 0. The van der Waals surface area contributed by atoms with E-state index in [-0.39, 0.29) is 0 Å². The summed E-state index contributed by atoms with van der Waals surface area (Å²) in [5.41, 5.74) is 0. The van der Waals surface area contributed by atoms with Crippen LogP contribution in [0.25, 0.3) is 10.1 Å². The van der Waals surface area contributed by atoms with E-state index in [2.05, 4.69) is 50.7 Å². The lowest BCUT2D eigenvalue weighted by molar-refractivity contribution is 0.421. The van der Waals surface area contributed by atoms with Crippen molar-refractivity contribution in [3.8, 4) is 5.75 Å². The first-order valence-electron chi connectivity index (χ1n) is 3.62. The Morgan fingerprint density at radius 2 is 2.23 bits per heavy atom. The van der Waals surface area contributed by atoms with Crippen molar-refractivity contribution in [3.63, 3.8) is 0 Å². The summed E-state index contributed by atoms with van der Waals surface area (Å²) in [4.78, 5) is 0. The number of hydrogen-bond acceptors (Lipinski definition) is 2. The van der Waals surface area contributed by atoms with Crippen LogP contribution in [0.4, 0.5) is 0 Å².